The first-order valence-corrected chi connectivity index (χ1v) is 8.79. The Hall–Kier alpha value is -1.28. The molecular weight excluding hydrogens is 429 g/mol. The molecule has 1 aromatic carbocycles. The van der Waals surface area contributed by atoms with E-state index < -0.39 is 0 Å². The molecule has 6 heteroatoms. The summed E-state index contributed by atoms with van der Waals surface area (Å²) in [7, 11) is 1.77. The number of nitrogens with zero attached hydrogens (tertiary/aromatic N) is 2. The summed E-state index contributed by atoms with van der Waals surface area (Å²) in [6.45, 7) is 6.61. The van der Waals surface area contributed by atoms with E-state index in [4.69, 9.17) is 14.1 Å². The van der Waals surface area contributed by atoms with E-state index in [0.29, 0.717) is 5.92 Å². The topological polar surface area (TPSA) is 50.0 Å². The molecule has 5 nitrogen and oxygen atoms in total. The lowest BCUT2D eigenvalue weighted by Crippen LogP contribution is -2.40. The van der Waals surface area contributed by atoms with Gasteiger partial charge < -0.3 is 19.4 Å². The minimum absolute atomic E-state index is 0. The van der Waals surface area contributed by atoms with Crippen molar-refractivity contribution >= 4 is 40.9 Å². The van der Waals surface area contributed by atoms with Gasteiger partial charge >= 0.3 is 0 Å². The first-order valence-electron chi connectivity index (χ1n) is 8.79. The average molecular weight is 457 g/mol. The number of ether oxygens (including phenoxy) is 1. The van der Waals surface area contributed by atoms with Gasteiger partial charge in [0.05, 0.1) is 6.61 Å². The summed E-state index contributed by atoms with van der Waals surface area (Å²) in [6, 6.07) is 10.2. The Morgan fingerprint density at radius 2 is 2.24 bits per heavy atom. The Kier molecular flexibility index (Phi) is 8.02. The number of hydrogen-bond donors (Lipinski definition) is 1. The standard InChI is InChI=1S/C19H27N3O2.HI/c1-3-20-19(22-11-9-15(13-22)14-23-2)21-10-8-17-12-16-6-4-5-7-18(16)24-17;/h4-7,12,15H,3,8-11,13-14H2,1-2H3,(H,20,21);1H. The molecule has 1 atom stereocenters. The lowest BCUT2D eigenvalue weighted by Gasteiger charge is -2.21. The number of nitrogens with one attached hydrogen (secondary N) is 1. The predicted octanol–water partition coefficient (Wildman–Crippen LogP) is 3.53. The molecule has 0 radical (unpaired) electrons. The van der Waals surface area contributed by atoms with Crippen LogP contribution in [-0.2, 0) is 11.2 Å². The third-order valence-corrected chi connectivity index (χ3v) is 4.42. The molecule has 1 saturated heterocycles. The Morgan fingerprint density at radius 3 is 3.00 bits per heavy atom. The van der Waals surface area contributed by atoms with E-state index in [0.717, 1.165) is 61.9 Å². The van der Waals surface area contributed by atoms with Gasteiger partial charge in [-0.25, -0.2) is 0 Å². The first-order chi connectivity index (χ1) is 11.8. The number of aliphatic imine (C=N–C) groups is 1. The van der Waals surface area contributed by atoms with Crippen molar-refractivity contribution in [2.24, 2.45) is 10.9 Å². The minimum atomic E-state index is 0. The highest BCUT2D eigenvalue weighted by Gasteiger charge is 2.24. The SMILES string of the molecule is CCNC(=NCCc1cc2ccccc2o1)N1CCC(COC)C1.I. The van der Waals surface area contributed by atoms with Crippen LogP contribution in [0.3, 0.4) is 0 Å². The third kappa shape index (κ3) is 5.34. The van der Waals surface area contributed by atoms with E-state index in [1.807, 2.05) is 18.2 Å². The van der Waals surface area contributed by atoms with Crippen molar-refractivity contribution in [2.75, 3.05) is 39.9 Å². The monoisotopic (exact) mass is 457 g/mol. The summed E-state index contributed by atoms with van der Waals surface area (Å²) in [5.41, 5.74) is 0.949. The third-order valence-electron chi connectivity index (χ3n) is 4.42. The molecule has 0 saturated carbocycles. The molecule has 0 aliphatic carbocycles. The Bertz CT molecular complexity index is 653. The van der Waals surface area contributed by atoms with Gasteiger partial charge in [-0.2, -0.15) is 0 Å². The fraction of sp³-hybridized carbons (Fsp3) is 0.526. The van der Waals surface area contributed by atoms with Crippen LogP contribution in [0.2, 0.25) is 0 Å². The molecule has 1 unspecified atom stereocenters. The fourth-order valence-corrected chi connectivity index (χ4v) is 3.25. The van der Waals surface area contributed by atoms with E-state index in [2.05, 4.69) is 29.3 Å². The number of hydrogen-bond acceptors (Lipinski definition) is 3. The molecule has 1 N–H and O–H groups in total. The summed E-state index contributed by atoms with van der Waals surface area (Å²) in [5, 5.41) is 4.56. The van der Waals surface area contributed by atoms with Crippen molar-refractivity contribution in [3.05, 3.63) is 36.1 Å². The van der Waals surface area contributed by atoms with Crippen molar-refractivity contribution in [3.63, 3.8) is 0 Å². The zero-order chi connectivity index (χ0) is 16.8. The van der Waals surface area contributed by atoms with E-state index in [-0.39, 0.29) is 24.0 Å². The molecule has 0 spiro atoms. The summed E-state index contributed by atoms with van der Waals surface area (Å²) in [5.74, 6) is 2.61. The van der Waals surface area contributed by atoms with Crippen molar-refractivity contribution in [3.8, 4) is 0 Å². The molecule has 3 rings (SSSR count). The molecule has 0 bridgehead atoms. The van der Waals surface area contributed by atoms with Gasteiger partial charge in [0, 0.05) is 51.0 Å². The van der Waals surface area contributed by atoms with Crippen molar-refractivity contribution in [2.45, 2.75) is 19.8 Å². The number of para-hydroxylation sites is 1. The van der Waals surface area contributed by atoms with Gasteiger partial charge in [0.1, 0.15) is 11.3 Å². The lowest BCUT2D eigenvalue weighted by molar-refractivity contribution is 0.157. The van der Waals surface area contributed by atoms with E-state index in [1.165, 1.54) is 6.42 Å². The maximum absolute atomic E-state index is 5.86. The first kappa shape index (κ1) is 20.0. The Labute approximate surface area is 166 Å². The highest BCUT2D eigenvalue weighted by Crippen LogP contribution is 2.19. The van der Waals surface area contributed by atoms with Crippen molar-refractivity contribution < 1.29 is 9.15 Å². The van der Waals surface area contributed by atoms with Gasteiger partial charge in [-0.3, -0.25) is 4.99 Å². The largest absolute Gasteiger partial charge is 0.461 e. The number of fused-ring (bicyclic) bond motifs is 1. The maximum Gasteiger partial charge on any atom is 0.193 e. The quantitative estimate of drug-likeness (QED) is 0.410. The average Bonchev–Trinajstić information content (AvgIpc) is 3.20. The van der Waals surface area contributed by atoms with Crippen LogP contribution in [0.4, 0.5) is 0 Å². The van der Waals surface area contributed by atoms with Gasteiger partial charge in [-0.05, 0) is 25.5 Å². The van der Waals surface area contributed by atoms with Gasteiger partial charge in [-0.1, -0.05) is 18.2 Å². The van der Waals surface area contributed by atoms with Crippen LogP contribution in [0, 0.1) is 5.92 Å². The maximum atomic E-state index is 5.86. The summed E-state index contributed by atoms with van der Waals surface area (Å²) < 4.78 is 11.1. The highest BCUT2D eigenvalue weighted by atomic mass is 127. The van der Waals surface area contributed by atoms with Crippen molar-refractivity contribution in [1.29, 1.82) is 0 Å². The molecule has 138 valence electrons. The van der Waals surface area contributed by atoms with Crippen LogP contribution in [0.1, 0.15) is 19.1 Å². The number of rotatable bonds is 6. The molecule has 25 heavy (non-hydrogen) atoms. The number of furan rings is 1. The number of benzene rings is 1. The van der Waals surface area contributed by atoms with Crippen LogP contribution in [0.5, 0.6) is 0 Å². The van der Waals surface area contributed by atoms with Gasteiger partial charge in [0.2, 0.25) is 0 Å². The van der Waals surface area contributed by atoms with Gasteiger partial charge in [-0.15, -0.1) is 24.0 Å². The minimum Gasteiger partial charge on any atom is -0.461 e. The summed E-state index contributed by atoms with van der Waals surface area (Å²) in [4.78, 5) is 7.13. The lowest BCUT2D eigenvalue weighted by atomic mass is 10.1. The molecule has 1 fully saturated rings. The van der Waals surface area contributed by atoms with Gasteiger partial charge in [0.25, 0.3) is 0 Å². The van der Waals surface area contributed by atoms with E-state index in [1.54, 1.807) is 7.11 Å². The zero-order valence-electron chi connectivity index (χ0n) is 15.0. The van der Waals surface area contributed by atoms with Crippen LogP contribution >= 0.6 is 24.0 Å². The predicted molar refractivity (Wildman–Crippen MR) is 113 cm³/mol. The second kappa shape index (κ2) is 10.0. The second-order valence-electron chi connectivity index (χ2n) is 6.29. The normalized spacial score (nSPS) is 17.8. The number of halogens is 1. The van der Waals surface area contributed by atoms with Crippen molar-refractivity contribution in [1.82, 2.24) is 10.2 Å². The molecule has 2 aromatic rings. The van der Waals surface area contributed by atoms with E-state index in [9.17, 15) is 0 Å². The fourth-order valence-electron chi connectivity index (χ4n) is 3.25. The smallest absolute Gasteiger partial charge is 0.193 e. The summed E-state index contributed by atoms with van der Waals surface area (Å²) >= 11 is 0. The Morgan fingerprint density at radius 1 is 1.40 bits per heavy atom. The van der Waals surface area contributed by atoms with Crippen LogP contribution in [0.25, 0.3) is 11.0 Å². The Balaban J connectivity index is 0.00000225. The molecule has 2 heterocycles. The van der Waals surface area contributed by atoms with Gasteiger partial charge in [0.15, 0.2) is 5.96 Å². The molecular formula is C19H28IN3O2. The van der Waals surface area contributed by atoms with Crippen LogP contribution < -0.4 is 5.32 Å². The molecule has 0 amide bonds. The second-order valence-corrected chi connectivity index (χ2v) is 6.29. The number of methoxy groups -OCH3 is 1. The number of likely N-dealkylation sites (tertiary alicyclic amines) is 1. The summed E-state index contributed by atoms with van der Waals surface area (Å²) in [6.07, 6.45) is 1.99. The molecule has 1 aromatic heterocycles. The molecule has 1 aliphatic heterocycles. The van der Waals surface area contributed by atoms with E-state index >= 15 is 0 Å². The number of guanidine groups is 1. The molecule has 1 aliphatic rings. The van der Waals surface area contributed by atoms with Crippen LogP contribution in [-0.4, -0.2) is 50.8 Å². The van der Waals surface area contributed by atoms with Crippen LogP contribution in [0.15, 0.2) is 39.7 Å². The highest BCUT2D eigenvalue weighted by molar-refractivity contribution is 14.0. The zero-order valence-corrected chi connectivity index (χ0v) is 17.4.